The van der Waals surface area contributed by atoms with Gasteiger partial charge in [-0.25, -0.2) is 27.3 Å². The predicted molar refractivity (Wildman–Crippen MR) is 134 cm³/mol. The van der Waals surface area contributed by atoms with Crippen LogP contribution in [0.25, 0.3) is 0 Å². The summed E-state index contributed by atoms with van der Waals surface area (Å²) in [5.74, 6) is -2.33. The third-order valence-electron chi connectivity index (χ3n) is 5.45. The molecule has 1 amide bonds. The number of sulfone groups is 2. The van der Waals surface area contributed by atoms with Gasteiger partial charge >= 0.3 is 5.97 Å². The molecule has 0 bridgehead atoms. The van der Waals surface area contributed by atoms with Crippen LogP contribution < -0.4 is 10.4 Å². The van der Waals surface area contributed by atoms with Crippen molar-refractivity contribution in [3.8, 4) is 0 Å². The van der Waals surface area contributed by atoms with Crippen LogP contribution >= 0.6 is 0 Å². The zero-order chi connectivity index (χ0) is 26.3. The molecule has 0 heterocycles. The smallest absolute Gasteiger partial charge is 0.303 e. The number of nitrogens with zero attached hydrogens (tertiary/aromatic N) is 1. The first-order chi connectivity index (χ1) is 17.1. The van der Waals surface area contributed by atoms with Gasteiger partial charge in [-0.1, -0.05) is 43.3 Å². The molecule has 2 N–H and O–H groups in total. The maximum Gasteiger partial charge on any atom is 0.303 e. The summed E-state index contributed by atoms with van der Waals surface area (Å²) in [4.78, 5) is 22.3. The summed E-state index contributed by atoms with van der Waals surface area (Å²) in [7, 11) is -7.93. The molecule has 0 spiro atoms. The molecule has 9 nitrogen and oxygen atoms in total. The Kier molecular flexibility index (Phi) is 8.62. The highest BCUT2D eigenvalue weighted by atomic mass is 32.2. The molecule has 11 heteroatoms. The third kappa shape index (κ3) is 6.36. The van der Waals surface area contributed by atoms with Crippen LogP contribution in [0, 0.1) is 0 Å². The molecule has 36 heavy (non-hydrogen) atoms. The molecule has 3 aromatic rings. The fourth-order valence-corrected chi connectivity index (χ4v) is 6.58. The van der Waals surface area contributed by atoms with Crippen LogP contribution in [0.5, 0.6) is 0 Å². The number of rotatable bonds is 12. The van der Waals surface area contributed by atoms with Gasteiger partial charge in [0.1, 0.15) is 0 Å². The lowest BCUT2D eigenvalue weighted by Gasteiger charge is -2.18. The van der Waals surface area contributed by atoms with E-state index in [-0.39, 0.29) is 21.1 Å². The number of nitrogens with one attached hydrogen (secondary N) is 1. The van der Waals surface area contributed by atoms with Crippen molar-refractivity contribution in [2.75, 3.05) is 17.3 Å². The number of anilines is 1. The van der Waals surface area contributed by atoms with Crippen molar-refractivity contribution in [2.24, 2.45) is 0 Å². The van der Waals surface area contributed by atoms with Crippen molar-refractivity contribution in [1.82, 2.24) is 5.43 Å². The summed E-state index contributed by atoms with van der Waals surface area (Å²) in [5.41, 5.74) is 3.72. The van der Waals surface area contributed by atoms with Gasteiger partial charge in [0.2, 0.25) is 16.2 Å². The van der Waals surface area contributed by atoms with Crippen LogP contribution in [-0.2, 0) is 29.3 Å². The molecule has 0 radical (unpaired) electrons. The zero-order valence-electron chi connectivity index (χ0n) is 19.4. The van der Waals surface area contributed by atoms with E-state index in [9.17, 15) is 31.5 Å². The monoisotopic (exact) mass is 530 g/mol. The van der Waals surface area contributed by atoms with E-state index in [1.54, 1.807) is 43.3 Å². The molecular formula is C25H26N2O7S2. The number of carboxylic acid groups (broad SMARTS) is 1. The standard InChI is InChI=1S/C25H26N2O7S2/c1-2-26-27(18-28)21-9-6-10-24(16-21)36(33,34)23-13-11-22(12-14-23)35(31,32)17-20(15-25(29)30)19-7-4-3-5-8-19/h3-14,16,18,20,26H,2,15,17H2,1H3,(H,29,30). The molecule has 0 aliphatic heterocycles. The summed E-state index contributed by atoms with van der Waals surface area (Å²) >= 11 is 0. The topological polar surface area (TPSA) is 138 Å². The van der Waals surface area contributed by atoms with Crippen molar-refractivity contribution < 1.29 is 31.5 Å². The molecule has 1 unspecified atom stereocenters. The first-order valence-corrected chi connectivity index (χ1v) is 14.1. The minimum absolute atomic E-state index is 0.0639. The highest BCUT2D eigenvalue weighted by Crippen LogP contribution is 2.28. The van der Waals surface area contributed by atoms with Gasteiger partial charge in [-0.15, -0.1) is 0 Å². The summed E-state index contributed by atoms with van der Waals surface area (Å²) in [6.07, 6.45) is 0.165. The van der Waals surface area contributed by atoms with Crippen molar-refractivity contribution in [3.05, 3.63) is 84.4 Å². The number of carbonyl (C=O) groups is 2. The molecule has 0 saturated carbocycles. The lowest BCUT2D eigenvalue weighted by Crippen LogP contribution is -2.36. The van der Waals surface area contributed by atoms with Gasteiger partial charge in [-0.3, -0.25) is 9.59 Å². The number of hydrogen-bond donors (Lipinski definition) is 2. The van der Waals surface area contributed by atoms with E-state index in [1.165, 1.54) is 42.5 Å². The van der Waals surface area contributed by atoms with Crippen molar-refractivity contribution >= 4 is 37.7 Å². The molecule has 3 rings (SSSR count). The van der Waals surface area contributed by atoms with Gasteiger partial charge in [-0.2, -0.15) is 0 Å². The Hall–Kier alpha value is -3.54. The van der Waals surface area contributed by atoms with Gasteiger partial charge in [0.25, 0.3) is 0 Å². The van der Waals surface area contributed by atoms with Crippen LogP contribution in [0.1, 0.15) is 24.8 Å². The Bertz CT molecular complexity index is 1420. The summed E-state index contributed by atoms with van der Waals surface area (Å²) in [6, 6.07) is 19.1. The second-order valence-corrected chi connectivity index (χ2v) is 11.9. The maximum atomic E-state index is 13.2. The van der Waals surface area contributed by atoms with E-state index in [0.717, 1.165) is 5.01 Å². The SMILES string of the molecule is CCNN(C=O)c1cccc(S(=O)(=O)c2ccc(S(=O)(=O)CC(CC(=O)O)c3ccccc3)cc2)c1. The second-order valence-electron chi connectivity index (χ2n) is 7.95. The number of carboxylic acids is 1. The average molecular weight is 531 g/mol. The number of amides is 1. The van der Waals surface area contributed by atoms with Crippen LogP contribution in [0.2, 0.25) is 0 Å². The average Bonchev–Trinajstić information content (AvgIpc) is 2.87. The Labute approximate surface area is 210 Å². The van der Waals surface area contributed by atoms with Gasteiger partial charge in [0.05, 0.1) is 32.5 Å². The number of hydrazine groups is 1. The number of aliphatic carboxylic acids is 1. The van der Waals surface area contributed by atoms with Crippen LogP contribution in [0.15, 0.2) is 93.5 Å². The van der Waals surface area contributed by atoms with Gasteiger partial charge in [-0.05, 0) is 48.0 Å². The molecular weight excluding hydrogens is 504 g/mol. The second kappa shape index (κ2) is 11.5. The Morgan fingerprint density at radius 1 is 0.917 bits per heavy atom. The van der Waals surface area contributed by atoms with Crippen LogP contribution in [0.3, 0.4) is 0 Å². The van der Waals surface area contributed by atoms with E-state index in [1.807, 2.05) is 0 Å². The first kappa shape index (κ1) is 27.1. The van der Waals surface area contributed by atoms with E-state index in [2.05, 4.69) is 5.43 Å². The third-order valence-corrected chi connectivity index (χ3v) is 9.04. The molecule has 0 aromatic heterocycles. The van der Waals surface area contributed by atoms with E-state index >= 15 is 0 Å². The molecule has 3 aromatic carbocycles. The van der Waals surface area contributed by atoms with Gasteiger partial charge in [0.15, 0.2) is 9.84 Å². The molecule has 0 fully saturated rings. The normalized spacial score (nSPS) is 12.6. The van der Waals surface area contributed by atoms with Crippen LogP contribution in [0.4, 0.5) is 5.69 Å². The van der Waals surface area contributed by atoms with E-state index in [0.29, 0.717) is 24.2 Å². The molecule has 0 aliphatic carbocycles. The van der Waals surface area contributed by atoms with Gasteiger partial charge < -0.3 is 5.11 Å². The fraction of sp³-hybridized carbons (Fsp3) is 0.200. The quantitative estimate of drug-likeness (QED) is 0.269. The fourth-order valence-electron chi connectivity index (χ4n) is 3.69. The Balaban J connectivity index is 1.88. The molecule has 0 saturated heterocycles. The van der Waals surface area contributed by atoms with Crippen LogP contribution in [-0.4, -0.2) is 46.6 Å². The van der Waals surface area contributed by atoms with Crippen molar-refractivity contribution in [2.45, 2.75) is 33.9 Å². The van der Waals surface area contributed by atoms with Gasteiger partial charge in [0, 0.05) is 12.5 Å². The lowest BCUT2D eigenvalue weighted by atomic mass is 9.98. The summed E-state index contributed by atoms with van der Waals surface area (Å²) in [5, 5.41) is 10.4. The number of carbonyl (C=O) groups excluding carboxylic acids is 1. The van der Waals surface area contributed by atoms with E-state index in [4.69, 9.17) is 0 Å². The zero-order valence-corrected chi connectivity index (χ0v) is 21.1. The highest BCUT2D eigenvalue weighted by molar-refractivity contribution is 7.92. The molecule has 0 aliphatic rings. The minimum Gasteiger partial charge on any atom is -0.481 e. The summed E-state index contributed by atoms with van der Waals surface area (Å²) < 4.78 is 52.4. The number of benzene rings is 3. The minimum atomic E-state index is -4.01. The summed E-state index contributed by atoms with van der Waals surface area (Å²) in [6.45, 7) is 2.24. The first-order valence-electron chi connectivity index (χ1n) is 11.0. The number of hydrogen-bond acceptors (Lipinski definition) is 7. The van der Waals surface area contributed by atoms with E-state index < -0.39 is 37.3 Å². The highest BCUT2D eigenvalue weighted by Gasteiger charge is 2.26. The Morgan fingerprint density at radius 3 is 2.14 bits per heavy atom. The lowest BCUT2D eigenvalue weighted by molar-refractivity contribution is -0.137. The molecule has 190 valence electrons. The maximum absolute atomic E-state index is 13.2. The molecule has 1 atom stereocenters. The van der Waals surface area contributed by atoms with Crippen molar-refractivity contribution in [3.63, 3.8) is 0 Å². The largest absolute Gasteiger partial charge is 0.481 e. The Morgan fingerprint density at radius 2 is 1.56 bits per heavy atom. The van der Waals surface area contributed by atoms with Crippen molar-refractivity contribution in [1.29, 1.82) is 0 Å². The predicted octanol–water partition coefficient (Wildman–Crippen LogP) is 3.04.